The van der Waals surface area contributed by atoms with Gasteiger partial charge in [-0.05, 0) is 0 Å². The van der Waals surface area contributed by atoms with Crippen LogP contribution in [0.2, 0.25) is 0 Å². The van der Waals surface area contributed by atoms with E-state index in [1.54, 1.807) is 0 Å². The summed E-state index contributed by atoms with van der Waals surface area (Å²) in [5, 5.41) is 0. The molecule has 0 heterocycles. The molecule has 3 N–H and O–H groups in total. The first-order valence-electron chi connectivity index (χ1n) is 1.19. The zero-order chi connectivity index (χ0) is 7.21. The van der Waals surface area contributed by atoms with Crippen molar-refractivity contribution in [2.75, 3.05) is 0 Å². The van der Waals surface area contributed by atoms with Crippen molar-refractivity contribution >= 4 is 7.82 Å². The quantitative estimate of drug-likeness (QED) is 0.354. The van der Waals surface area contributed by atoms with Crippen LogP contribution in [-0.2, 0) is 52.0 Å². The fraction of sp³-hybridized carbons (Fsp3) is 0. The summed E-state index contributed by atoms with van der Waals surface area (Å²) in [7, 11) is -4.64. The fourth-order valence-corrected chi connectivity index (χ4v) is 0. The smallest absolute Gasteiger partial charge is 0 e. The topological polar surface area (TPSA) is 112 Å². The van der Waals surface area contributed by atoms with Crippen molar-refractivity contribution in [3.63, 3.8) is 0 Å². The molecule has 0 rings (SSSR count). The van der Waals surface area contributed by atoms with E-state index in [4.69, 9.17) is 25.9 Å². The molecule has 0 aromatic rings. The van der Waals surface area contributed by atoms with Gasteiger partial charge in [0.2, 0.25) is 0 Å². The maximum absolute atomic E-state index is 8.88. The Morgan fingerprint density at radius 1 is 1.11 bits per heavy atom. The number of phosphoric acid groups is 1. The molecule has 0 unspecified atom stereocenters. The molecule has 0 amide bonds. The average molecular weight is 226 g/mol. The summed E-state index contributed by atoms with van der Waals surface area (Å²) in [5.74, 6) is 0. The molecule has 0 saturated carbocycles. The molecule has 0 aliphatic heterocycles. The van der Waals surface area contributed by atoms with E-state index in [2.05, 4.69) is 0 Å². The molecule has 9 heavy (non-hydrogen) atoms. The van der Waals surface area contributed by atoms with E-state index in [9.17, 15) is 0 Å². The first-order valence-corrected chi connectivity index (χ1v) is 4.03. The maximum atomic E-state index is 8.88. The molecule has 0 spiro atoms. The van der Waals surface area contributed by atoms with Crippen LogP contribution in [0.15, 0.2) is 0 Å². The van der Waals surface area contributed by atoms with Crippen molar-refractivity contribution < 1.29 is 66.7 Å². The second kappa shape index (κ2) is 9.14. The first kappa shape index (κ1) is 16.6. The molecule has 0 saturated heterocycles. The minimum absolute atomic E-state index is 0. The molecule has 0 aromatic heterocycles. The van der Waals surface area contributed by atoms with Crippen molar-refractivity contribution in [3.05, 3.63) is 0 Å². The molecule has 0 bridgehead atoms. The Kier molecular flexibility index (Phi) is 16.9. The summed E-state index contributed by atoms with van der Waals surface area (Å²) in [4.78, 5) is 21.6. The van der Waals surface area contributed by atoms with E-state index in [1.165, 1.54) is 0 Å². The third kappa shape index (κ3) is 359. The summed E-state index contributed by atoms with van der Waals surface area (Å²) in [6.45, 7) is 0. The number of rotatable bonds is 0. The third-order valence-electron chi connectivity index (χ3n) is 0. The van der Waals surface area contributed by atoms with Gasteiger partial charge in [0.05, 0.1) is 0 Å². The van der Waals surface area contributed by atoms with Gasteiger partial charge in [0.15, 0.2) is 0 Å². The monoisotopic (exact) mass is 226 g/mol. The average Bonchev–Trinajstić information content (AvgIpc) is 1.27. The predicted octanol–water partition coefficient (Wildman–Crippen LogP) is -1.17. The molecule has 0 aliphatic carbocycles. The first-order chi connectivity index (χ1) is 3.41. The van der Waals surface area contributed by atoms with E-state index in [0.717, 1.165) is 0 Å². The molecular weight excluding hydrogens is 223 g/mol. The van der Waals surface area contributed by atoms with Crippen LogP contribution in [0.5, 0.6) is 0 Å². The predicted molar refractivity (Wildman–Crippen MR) is 15.6 cm³/mol. The van der Waals surface area contributed by atoms with E-state index < -0.39 is 26.9 Å². The summed E-state index contributed by atoms with van der Waals surface area (Å²) in [5.41, 5.74) is 0. The van der Waals surface area contributed by atoms with Gasteiger partial charge >= 0.3 is 33.6 Å². The van der Waals surface area contributed by atoms with Gasteiger partial charge in [-0.15, -0.1) is 0 Å². The Balaban J connectivity index is -0.0000000800. The van der Waals surface area contributed by atoms with Gasteiger partial charge in [-0.1, -0.05) is 0 Å². The van der Waals surface area contributed by atoms with Crippen LogP contribution in [0.3, 0.4) is 0 Å². The van der Waals surface area contributed by atoms with Crippen LogP contribution in [0.4, 0.5) is 0 Å². The molecule has 0 radical (unpaired) electrons. The van der Waals surface area contributed by atoms with E-state index in [0.29, 0.717) is 0 Å². The molecule has 9 heteroatoms. The Labute approximate surface area is 74.4 Å². The SMILES string of the molecule is O=P(O)(O)O.[O]=[Ti]=[O].[Ti]. The van der Waals surface area contributed by atoms with Gasteiger partial charge in [-0.25, -0.2) is 4.57 Å². The normalized spacial score (nSPS) is 7.44. The number of hydrogen-bond donors (Lipinski definition) is 3. The fourth-order valence-electron chi connectivity index (χ4n) is 0. The standard InChI is InChI=1S/H3O4P.2O.2Ti/c1-5(2,3)4;;;;/h(H3,1,2,3,4);;;;. The van der Waals surface area contributed by atoms with Crippen molar-refractivity contribution in [1.29, 1.82) is 0 Å². The minimum atomic E-state index is -4.64. The van der Waals surface area contributed by atoms with Crippen LogP contribution in [0, 0.1) is 0 Å². The van der Waals surface area contributed by atoms with Crippen molar-refractivity contribution in [3.8, 4) is 0 Å². The van der Waals surface area contributed by atoms with Crippen molar-refractivity contribution in [2.24, 2.45) is 0 Å². The van der Waals surface area contributed by atoms with Crippen LogP contribution in [0.1, 0.15) is 0 Å². The zero-order valence-electron chi connectivity index (χ0n) is 4.01. The summed E-state index contributed by atoms with van der Waals surface area (Å²) < 4.78 is 25.9. The van der Waals surface area contributed by atoms with Crippen molar-refractivity contribution in [2.45, 2.75) is 0 Å². The van der Waals surface area contributed by atoms with Gasteiger partial charge < -0.3 is 14.7 Å². The molecule has 0 aromatic carbocycles. The van der Waals surface area contributed by atoms with E-state index in [1.807, 2.05) is 0 Å². The molecule has 0 fully saturated rings. The van der Waals surface area contributed by atoms with Crippen LogP contribution in [-0.4, -0.2) is 14.7 Å². The zero-order valence-corrected chi connectivity index (χ0v) is 8.03. The van der Waals surface area contributed by atoms with Crippen LogP contribution < -0.4 is 0 Å². The maximum Gasteiger partial charge on any atom is 0 e. The largest absolute Gasteiger partial charge is 0 e. The van der Waals surface area contributed by atoms with E-state index in [-0.39, 0.29) is 21.7 Å². The second-order valence-corrected chi connectivity index (χ2v) is 1.88. The Bertz CT molecular complexity index is 109. The summed E-state index contributed by atoms with van der Waals surface area (Å²) in [6.07, 6.45) is 0. The summed E-state index contributed by atoms with van der Waals surface area (Å²) in [6, 6.07) is 0. The minimum Gasteiger partial charge on any atom is 0 e. The van der Waals surface area contributed by atoms with Crippen LogP contribution >= 0.6 is 7.82 Å². The molecule has 0 atom stereocenters. The van der Waals surface area contributed by atoms with Crippen molar-refractivity contribution in [1.82, 2.24) is 0 Å². The Morgan fingerprint density at radius 3 is 1.11 bits per heavy atom. The molecular formula is H3O6PTi2. The summed E-state index contributed by atoms with van der Waals surface area (Å²) >= 11 is -2.00. The number of hydrogen-bond acceptors (Lipinski definition) is 3. The van der Waals surface area contributed by atoms with Gasteiger partial charge in [0.1, 0.15) is 0 Å². The Hall–Kier alpha value is 1.14. The molecule has 52 valence electrons. The molecule has 6 nitrogen and oxygen atoms in total. The van der Waals surface area contributed by atoms with Gasteiger partial charge in [-0.3, -0.25) is 0 Å². The van der Waals surface area contributed by atoms with Gasteiger partial charge in [0.25, 0.3) is 0 Å². The van der Waals surface area contributed by atoms with Gasteiger partial charge in [-0.2, -0.15) is 0 Å². The molecule has 0 aliphatic rings. The van der Waals surface area contributed by atoms with Gasteiger partial charge in [0, 0.05) is 21.7 Å². The second-order valence-electron chi connectivity index (χ2n) is 0.597. The van der Waals surface area contributed by atoms with Crippen LogP contribution in [0.25, 0.3) is 0 Å². The van der Waals surface area contributed by atoms with E-state index >= 15 is 0 Å². The Morgan fingerprint density at radius 2 is 1.11 bits per heavy atom. The third-order valence-corrected chi connectivity index (χ3v) is 0.